The number of rotatable bonds is 3. The van der Waals surface area contributed by atoms with Crippen LogP contribution in [0.4, 0.5) is 0 Å². The van der Waals surface area contributed by atoms with E-state index in [-0.39, 0.29) is 0 Å². The summed E-state index contributed by atoms with van der Waals surface area (Å²) >= 11 is 0. The number of aliphatic hydroxyl groups excluding tert-OH is 1. The van der Waals surface area contributed by atoms with E-state index >= 15 is 0 Å². The molecule has 0 saturated carbocycles. The third-order valence-corrected chi connectivity index (χ3v) is 2.92. The Morgan fingerprint density at radius 1 is 1.29 bits per heavy atom. The van der Waals surface area contributed by atoms with Gasteiger partial charge in [-0.1, -0.05) is 25.1 Å². The molecule has 3 nitrogen and oxygen atoms in total. The number of para-hydroxylation sites is 1. The van der Waals surface area contributed by atoms with E-state index in [9.17, 15) is 5.11 Å². The molecule has 0 aliphatic carbocycles. The van der Waals surface area contributed by atoms with Gasteiger partial charge in [-0.25, -0.2) is 4.68 Å². The quantitative estimate of drug-likeness (QED) is 0.880. The second-order valence-corrected chi connectivity index (χ2v) is 4.32. The van der Waals surface area contributed by atoms with Gasteiger partial charge in [0.15, 0.2) is 0 Å². The Kier molecular flexibility index (Phi) is 3.29. The van der Waals surface area contributed by atoms with Crippen LogP contribution in [0.3, 0.4) is 0 Å². The molecule has 0 aliphatic heterocycles. The first-order valence-electron chi connectivity index (χ1n) is 5.94. The highest BCUT2D eigenvalue weighted by atomic mass is 16.3. The van der Waals surface area contributed by atoms with Crippen LogP contribution in [0.5, 0.6) is 0 Å². The van der Waals surface area contributed by atoms with Gasteiger partial charge in [-0.15, -0.1) is 0 Å². The summed E-state index contributed by atoms with van der Waals surface area (Å²) in [6, 6.07) is 9.91. The minimum absolute atomic E-state index is 0.435. The number of aromatic nitrogens is 2. The molecule has 17 heavy (non-hydrogen) atoms. The molecule has 1 aromatic carbocycles. The van der Waals surface area contributed by atoms with Gasteiger partial charge >= 0.3 is 0 Å². The van der Waals surface area contributed by atoms with Crippen LogP contribution in [0.1, 0.15) is 36.4 Å². The fourth-order valence-electron chi connectivity index (χ4n) is 2.05. The lowest BCUT2D eigenvalue weighted by atomic mass is 10.1. The monoisotopic (exact) mass is 230 g/mol. The maximum atomic E-state index is 10.0. The third-order valence-electron chi connectivity index (χ3n) is 2.92. The van der Waals surface area contributed by atoms with E-state index in [2.05, 4.69) is 5.10 Å². The van der Waals surface area contributed by atoms with Crippen LogP contribution in [0.2, 0.25) is 0 Å². The molecule has 1 aromatic heterocycles. The molecular weight excluding hydrogens is 212 g/mol. The van der Waals surface area contributed by atoms with E-state index in [4.69, 9.17) is 0 Å². The summed E-state index contributed by atoms with van der Waals surface area (Å²) in [5.41, 5.74) is 3.97. The zero-order valence-electron chi connectivity index (χ0n) is 10.5. The van der Waals surface area contributed by atoms with Crippen molar-refractivity contribution in [2.45, 2.75) is 33.3 Å². The van der Waals surface area contributed by atoms with E-state index in [1.165, 1.54) is 0 Å². The van der Waals surface area contributed by atoms with E-state index in [0.29, 0.717) is 6.42 Å². The van der Waals surface area contributed by atoms with Crippen LogP contribution < -0.4 is 0 Å². The normalized spacial score (nSPS) is 12.7. The number of hydrogen-bond donors (Lipinski definition) is 1. The van der Waals surface area contributed by atoms with Gasteiger partial charge in [0.05, 0.1) is 17.5 Å². The Morgan fingerprint density at radius 3 is 2.59 bits per heavy atom. The number of hydrogen-bond acceptors (Lipinski definition) is 2. The molecular formula is C14H18N2O. The molecule has 2 rings (SSSR count). The molecule has 2 aromatic rings. The van der Waals surface area contributed by atoms with Gasteiger partial charge in [-0.2, -0.15) is 5.10 Å². The molecule has 1 heterocycles. The molecule has 90 valence electrons. The van der Waals surface area contributed by atoms with Gasteiger partial charge < -0.3 is 5.11 Å². The van der Waals surface area contributed by atoms with Crippen LogP contribution in [0.25, 0.3) is 5.69 Å². The Labute approximate surface area is 102 Å². The average Bonchev–Trinajstić information content (AvgIpc) is 2.67. The molecule has 0 saturated heterocycles. The molecule has 0 radical (unpaired) electrons. The zero-order valence-corrected chi connectivity index (χ0v) is 10.5. The molecule has 1 atom stereocenters. The van der Waals surface area contributed by atoms with Gasteiger partial charge in [0.2, 0.25) is 0 Å². The molecule has 0 fully saturated rings. The summed E-state index contributed by atoms with van der Waals surface area (Å²) in [4.78, 5) is 0. The maximum Gasteiger partial charge on any atom is 0.0808 e. The van der Waals surface area contributed by atoms with Gasteiger partial charge in [-0.05, 0) is 32.4 Å². The molecule has 0 bridgehead atoms. The lowest BCUT2D eigenvalue weighted by Gasteiger charge is -2.14. The molecule has 1 N–H and O–H groups in total. The minimum Gasteiger partial charge on any atom is -0.388 e. The van der Waals surface area contributed by atoms with E-state index in [1.807, 2.05) is 55.8 Å². The van der Waals surface area contributed by atoms with Crippen molar-refractivity contribution in [3.05, 3.63) is 47.3 Å². The second kappa shape index (κ2) is 4.72. The van der Waals surface area contributed by atoms with Gasteiger partial charge in [0.25, 0.3) is 0 Å². The molecule has 0 unspecified atom stereocenters. The van der Waals surface area contributed by atoms with Crippen LogP contribution in [0.15, 0.2) is 30.3 Å². The third kappa shape index (κ3) is 2.24. The van der Waals surface area contributed by atoms with E-state index in [1.54, 1.807) is 0 Å². The van der Waals surface area contributed by atoms with Crippen molar-refractivity contribution >= 4 is 0 Å². The first-order chi connectivity index (χ1) is 8.13. The summed E-state index contributed by atoms with van der Waals surface area (Å²) in [6.45, 7) is 5.97. The van der Waals surface area contributed by atoms with Crippen molar-refractivity contribution in [3.8, 4) is 5.69 Å². The topological polar surface area (TPSA) is 38.0 Å². The number of aliphatic hydroxyl groups is 1. The van der Waals surface area contributed by atoms with Crippen LogP contribution in [-0.2, 0) is 0 Å². The molecule has 3 heteroatoms. The van der Waals surface area contributed by atoms with Crippen molar-refractivity contribution in [1.82, 2.24) is 9.78 Å². The minimum atomic E-state index is -0.435. The van der Waals surface area contributed by atoms with E-state index < -0.39 is 6.10 Å². The van der Waals surface area contributed by atoms with Crippen molar-refractivity contribution in [2.24, 2.45) is 0 Å². The van der Waals surface area contributed by atoms with Crippen LogP contribution >= 0.6 is 0 Å². The Balaban J connectivity index is 2.55. The highest BCUT2D eigenvalue weighted by Crippen LogP contribution is 2.24. The molecule has 0 amide bonds. The Morgan fingerprint density at radius 2 is 2.00 bits per heavy atom. The number of benzene rings is 1. The highest BCUT2D eigenvalue weighted by molar-refractivity contribution is 5.43. The molecule has 0 aliphatic rings. The standard InChI is InChI=1S/C14H18N2O/c1-4-14(17)12-7-5-6-8-13(12)16-11(3)9-10(2)15-16/h5-9,14,17H,4H2,1-3H3/t14-/m0/s1. The fourth-order valence-corrected chi connectivity index (χ4v) is 2.05. The highest BCUT2D eigenvalue weighted by Gasteiger charge is 2.13. The lowest BCUT2D eigenvalue weighted by Crippen LogP contribution is -2.06. The predicted molar refractivity (Wildman–Crippen MR) is 68.3 cm³/mol. The van der Waals surface area contributed by atoms with Crippen LogP contribution in [0, 0.1) is 13.8 Å². The van der Waals surface area contributed by atoms with Crippen LogP contribution in [-0.4, -0.2) is 14.9 Å². The zero-order chi connectivity index (χ0) is 12.4. The average molecular weight is 230 g/mol. The second-order valence-electron chi connectivity index (χ2n) is 4.32. The van der Waals surface area contributed by atoms with Crippen molar-refractivity contribution in [1.29, 1.82) is 0 Å². The predicted octanol–water partition coefficient (Wildman–Crippen LogP) is 2.93. The van der Waals surface area contributed by atoms with Crippen molar-refractivity contribution in [2.75, 3.05) is 0 Å². The summed E-state index contributed by atoms with van der Waals surface area (Å²) < 4.78 is 1.89. The summed E-state index contributed by atoms with van der Waals surface area (Å²) in [6.07, 6.45) is 0.270. The van der Waals surface area contributed by atoms with E-state index in [0.717, 1.165) is 22.6 Å². The van der Waals surface area contributed by atoms with Gasteiger partial charge in [-0.3, -0.25) is 0 Å². The number of nitrogens with zero attached hydrogens (tertiary/aromatic N) is 2. The van der Waals surface area contributed by atoms with Gasteiger partial charge in [0, 0.05) is 11.3 Å². The number of aryl methyl sites for hydroxylation is 2. The summed E-state index contributed by atoms with van der Waals surface area (Å²) in [5, 5.41) is 14.5. The van der Waals surface area contributed by atoms with Crippen molar-refractivity contribution in [3.63, 3.8) is 0 Å². The largest absolute Gasteiger partial charge is 0.388 e. The first kappa shape index (κ1) is 11.9. The Bertz CT molecular complexity index is 517. The summed E-state index contributed by atoms with van der Waals surface area (Å²) in [7, 11) is 0. The summed E-state index contributed by atoms with van der Waals surface area (Å²) in [5.74, 6) is 0. The van der Waals surface area contributed by atoms with Crippen molar-refractivity contribution < 1.29 is 5.11 Å². The fraction of sp³-hybridized carbons (Fsp3) is 0.357. The van der Waals surface area contributed by atoms with Gasteiger partial charge in [0.1, 0.15) is 0 Å². The molecule has 0 spiro atoms. The lowest BCUT2D eigenvalue weighted by molar-refractivity contribution is 0.173. The smallest absolute Gasteiger partial charge is 0.0808 e. The maximum absolute atomic E-state index is 10.0. The Hall–Kier alpha value is -1.61. The first-order valence-corrected chi connectivity index (χ1v) is 5.94. The SMILES string of the molecule is CC[C@H](O)c1ccccc1-n1nc(C)cc1C.